The van der Waals surface area contributed by atoms with Gasteiger partial charge in [0.1, 0.15) is 6.54 Å². The van der Waals surface area contributed by atoms with E-state index in [2.05, 4.69) is 15.5 Å². The van der Waals surface area contributed by atoms with Crippen LogP contribution < -0.4 is 0 Å². The number of aromatic nitrogens is 4. The second kappa shape index (κ2) is 5.63. The summed E-state index contributed by atoms with van der Waals surface area (Å²) in [5, 5.41) is 20.4. The van der Waals surface area contributed by atoms with Crippen LogP contribution in [0.3, 0.4) is 0 Å². The minimum absolute atomic E-state index is 0.157. The predicted molar refractivity (Wildman–Crippen MR) is 66.2 cm³/mol. The van der Waals surface area contributed by atoms with Gasteiger partial charge in [-0.1, -0.05) is 42.1 Å². The van der Waals surface area contributed by atoms with Crippen LogP contribution in [0.5, 0.6) is 0 Å². The number of thioether (sulfide) groups is 1. The number of tetrazole rings is 1. The Morgan fingerprint density at radius 1 is 1.44 bits per heavy atom. The van der Waals surface area contributed by atoms with E-state index in [0.29, 0.717) is 5.16 Å². The van der Waals surface area contributed by atoms with Crippen molar-refractivity contribution in [2.75, 3.05) is 0 Å². The Kier molecular flexibility index (Phi) is 3.93. The van der Waals surface area contributed by atoms with Gasteiger partial charge in [-0.2, -0.15) is 0 Å². The Morgan fingerprint density at radius 3 is 2.83 bits per heavy atom. The molecule has 0 saturated heterocycles. The number of hydrogen-bond donors (Lipinski definition) is 1. The highest BCUT2D eigenvalue weighted by molar-refractivity contribution is 7.99. The van der Waals surface area contributed by atoms with Crippen LogP contribution in [0, 0.1) is 0 Å². The second-order valence-corrected chi connectivity index (χ2v) is 4.99. The molecule has 18 heavy (non-hydrogen) atoms. The number of carboxylic acids is 1. The van der Waals surface area contributed by atoms with Crippen LogP contribution in [0.2, 0.25) is 0 Å². The molecule has 1 atom stereocenters. The van der Waals surface area contributed by atoms with Gasteiger partial charge >= 0.3 is 5.97 Å². The van der Waals surface area contributed by atoms with Crippen molar-refractivity contribution in [2.45, 2.75) is 23.9 Å². The summed E-state index contributed by atoms with van der Waals surface area (Å²) in [6.07, 6.45) is 0. The maximum absolute atomic E-state index is 10.6. The molecule has 1 aromatic carbocycles. The summed E-state index contributed by atoms with van der Waals surface area (Å²) in [6, 6.07) is 9.92. The maximum Gasteiger partial charge on any atom is 0.325 e. The van der Waals surface area contributed by atoms with Crippen LogP contribution in [0.25, 0.3) is 0 Å². The Labute approximate surface area is 108 Å². The summed E-state index contributed by atoms with van der Waals surface area (Å²) >= 11 is 1.44. The van der Waals surface area contributed by atoms with E-state index in [1.807, 2.05) is 37.3 Å². The number of hydrogen-bond acceptors (Lipinski definition) is 5. The largest absolute Gasteiger partial charge is 0.480 e. The van der Waals surface area contributed by atoms with E-state index >= 15 is 0 Å². The molecule has 1 aromatic heterocycles. The molecule has 0 saturated carbocycles. The number of benzene rings is 1. The van der Waals surface area contributed by atoms with Gasteiger partial charge in [0.15, 0.2) is 0 Å². The van der Waals surface area contributed by atoms with E-state index in [4.69, 9.17) is 5.11 Å². The summed E-state index contributed by atoms with van der Waals surface area (Å²) in [6.45, 7) is 1.80. The zero-order chi connectivity index (χ0) is 13.0. The molecule has 0 bridgehead atoms. The summed E-state index contributed by atoms with van der Waals surface area (Å²) in [4.78, 5) is 10.6. The minimum Gasteiger partial charge on any atom is -0.480 e. The van der Waals surface area contributed by atoms with Crippen LogP contribution in [0.1, 0.15) is 17.7 Å². The van der Waals surface area contributed by atoms with Crippen molar-refractivity contribution in [3.05, 3.63) is 35.9 Å². The first-order valence-corrected chi connectivity index (χ1v) is 6.24. The van der Waals surface area contributed by atoms with Crippen molar-refractivity contribution in [1.82, 2.24) is 20.2 Å². The first-order valence-electron chi connectivity index (χ1n) is 5.36. The van der Waals surface area contributed by atoms with Gasteiger partial charge in [-0.25, -0.2) is 4.68 Å². The third kappa shape index (κ3) is 3.07. The summed E-state index contributed by atoms with van der Waals surface area (Å²) in [5.74, 6) is -0.962. The zero-order valence-electron chi connectivity index (χ0n) is 9.72. The summed E-state index contributed by atoms with van der Waals surface area (Å²) < 4.78 is 1.28. The number of rotatable bonds is 5. The van der Waals surface area contributed by atoms with Crippen LogP contribution in [0.15, 0.2) is 35.5 Å². The molecule has 2 aromatic rings. The number of nitrogens with zero attached hydrogens (tertiary/aromatic N) is 4. The van der Waals surface area contributed by atoms with Crippen molar-refractivity contribution in [3.63, 3.8) is 0 Å². The highest BCUT2D eigenvalue weighted by Gasteiger charge is 2.14. The molecule has 0 aliphatic rings. The van der Waals surface area contributed by atoms with Gasteiger partial charge in [-0.05, 0) is 22.9 Å². The molecule has 1 unspecified atom stereocenters. The fraction of sp³-hybridized carbons (Fsp3) is 0.273. The summed E-state index contributed by atoms with van der Waals surface area (Å²) in [7, 11) is 0. The SMILES string of the molecule is CC(Sc1nnnn1CC(=O)O)c1ccccc1. The molecule has 0 radical (unpaired) electrons. The van der Waals surface area contributed by atoms with Crippen molar-refractivity contribution in [2.24, 2.45) is 0 Å². The van der Waals surface area contributed by atoms with E-state index in [1.54, 1.807) is 0 Å². The molecule has 0 fully saturated rings. The molecule has 1 heterocycles. The Morgan fingerprint density at radius 2 is 2.17 bits per heavy atom. The normalized spacial score (nSPS) is 12.3. The molecule has 94 valence electrons. The van der Waals surface area contributed by atoms with Crippen molar-refractivity contribution in [1.29, 1.82) is 0 Å². The fourth-order valence-corrected chi connectivity index (χ4v) is 2.37. The zero-order valence-corrected chi connectivity index (χ0v) is 10.5. The Balaban J connectivity index is 2.10. The van der Waals surface area contributed by atoms with Gasteiger partial charge in [0.05, 0.1) is 0 Å². The third-order valence-electron chi connectivity index (χ3n) is 2.34. The molecule has 0 amide bonds. The topological polar surface area (TPSA) is 80.9 Å². The highest BCUT2D eigenvalue weighted by atomic mass is 32.2. The van der Waals surface area contributed by atoms with E-state index in [-0.39, 0.29) is 11.8 Å². The van der Waals surface area contributed by atoms with Crippen LogP contribution >= 0.6 is 11.8 Å². The van der Waals surface area contributed by atoms with Gasteiger partial charge in [0, 0.05) is 5.25 Å². The Hall–Kier alpha value is -1.89. The minimum atomic E-state index is -0.962. The molecule has 7 heteroatoms. The second-order valence-electron chi connectivity index (χ2n) is 3.68. The van der Waals surface area contributed by atoms with E-state index in [1.165, 1.54) is 16.4 Å². The predicted octanol–water partition coefficient (Wildman–Crippen LogP) is 1.61. The molecule has 6 nitrogen and oxygen atoms in total. The van der Waals surface area contributed by atoms with E-state index in [9.17, 15) is 4.79 Å². The molecule has 0 spiro atoms. The molecular formula is C11H12N4O2S. The molecular weight excluding hydrogens is 252 g/mol. The van der Waals surface area contributed by atoms with Gasteiger partial charge in [0.25, 0.3) is 0 Å². The molecule has 1 N–H and O–H groups in total. The standard InChI is InChI=1S/C11H12N4O2S/c1-8(9-5-3-2-4-6-9)18-11-12-13-14-15(11)7-10(16)17/h2-6,8H,7H2,1H3,(H,16,17). The third-order valence-corrected chi connectivity index (χ3v) is 3.46. The van der Waals surface area contributed by atoms with E-state index < -0.39 is 5.97 Å². The summed E-state index contributed by atoms with van der Waals surface area (Å²) in [5.41, 5.74) is 1.15. The number of carbonyl (C=O) groups is 1. The first kappa shape index (κ1) is 12.6. The van der Waals surface area contributed by atoms with Crippen molar-refractivity contribution in [3.8, 4) is 0 Å². The average Bonchev–Trinajstić information content (AvgIpc) is 2.77. The van der Waals surface area contributed by atoms with Gasteiger partial charge in [0.2, 0.25) is 5.16 Å². The Bertz CT molecular complexity index is 529. The number of carboxylic acid groups (broad SMARTS) is 1. The lowest BCUT2D eigenvalue weighted by atomic mass is 10.2. The molecule has 0 aliphatic heterocycles. The smallest absolute Gasteiger partial charge is 0.325 e. The first-order chi connectivity index (χ1) is 8.66. The maximum atomic E-state index is 10.6. The van der Waals surface area contributed by atoms with Crippen LogP contribution in [-0.4, -0.2) is 31.3 Å². The monoisotopic (exact) mass is 264 g/mol. The van der Waals surface area contributed by atoms with Gasteiger partial charge in [-0.3, -0.25) is 4.79 Å². The highest BCUT2D eigenvalue weighted by Crippen LogP contribution is 2.32. The fourth-order valence-electron chi connectivity index (χ4n) is 1.46. The van der Waals surface area contributed by atoms with Crippen molar-refractivity contribution < 1.29 is 9.90 Å². The average molecular weight is 264 g/mol. The quantitative estimate of drug-likeness (QED) is 0.826. The van der Waals surface area contributed by atoms with Gasteiger partial charge < -0.3 is 5.11 Å². The number of aliphatic carboxylic acids is 1. The van der Waals surface area contributed by atoms with Gasteiger partial charge in [-0.15, -0.1) is 5.10 Å². The van der Waals surface area contributed by atoms with Crippen LogP contribution in [-0.2, 0) is 11.3 Å². The van der Waals surface area contributed by atoms with Crippen LogP contribution in [0.4, 0.5) is 0 Å². The van der Waals surface area contributed by atoms with E-state index in [0.717, 1.165) is 5.56 Å². The lowest BCUT2D eigenvalue weighted by Crippen LogP contribution is -2.11. The molecule has 2 rings (SSSR count). The lowest BCUT2D eigenvalue weighted by Gasteiger charge is -2.10. The lowest BCUT2D eigenvalue weighted by molar-refractivity contribution is -0.138. The molecule has 0 aliphatic carbocycles. The van der Waals surface area contributed by atoms with Crippen molar-refractivity contribution >= 4 is 17.7 Å².